The van der Waals surface area contributed by atoms with Gasteiger partial charge < -0.3 is 14.0 Å². The van der Waals surface area contributed by atoms with Crippen LogP contribution in [0.2, 0.25) is 0 Å². The fourth-order valence-corrected chi connectivity index (χ4v) is 3.27. The summed E-state index contributed by atoms with van der Waals surface area (Å²) in [6.45, 7) is 10.7. The van der Waals surface area contributed by atoms with Gasteiger partial charge in [-0.1, -0.05) is 45.9 Å². The Hall–Kier alpha value is -1.81. The van der Waals surface area contributed by atoms with Crippen molar-refractivity contribution in [1.29, 1.82) is 0 Å². The number of carbonyl (C=O) groups excluding carboxylic acids is 1. The molecule has 0 saturated heterocycles. The molecule has 2 aromatic rings. The number of nitrogens with zero attached hydrogens (tertiary/aromatic N) is 1. The summed E-state index contributed by atoms with van der Waals surface area (Å²) in [6.07, 6.45) is 1.94. The molecule has 1 heterocycles. The van der Waals surface area contributed by atoms with Crippen molar-refractivity contribution in [3.8, 4) is 0 Å². The number of rotatable bonds is 7. The first-order valence-corrected chi connectivity index (χ1v) is 8.64. The lowest BCUT2D eigenvalue weighted by Gasteiger charge is -2.26. The lowest BCUT2D eigenvalue weighted by Crippen LogP contribution is -2.30. The van der Waals surface area contributed by atoms with Crippen LogP contribution < -0.4 is 0 Å². The minimum Gasteiger partial charge on any atom is -0.461 e. The van der Waals surface area contributed by atoms with Crippen LogP contribution in [-0.2, 0) is 21.0 Å². The zero-order chi connectivity index (χ0) is 17.9. The minimum absolute atomic E-state index is 0.0627. The first kappa shape index (κ1) is 18.5. The van der Waals surface area contributed by atoms with Crippen molar-refractivity contribution in [2.45, 2.75) is 53.4 Å². The van der Waals surface area contributed by atoms with Crippen molar-refractivity contribution in [3.63, 3.8) is 0 Å². The molecule has 0 saturated carbocycles. The molecule has 0 bridgehead atoms. The van der Waals surface area contributed by atoms with Gasteiger partial charge in [0.1, 0.15) is 12.8 Å². The highest BCUT2D eigenvalue weighted by Crippen LogP contribution is 2.30. The second kappa shape index (κ2) is 7.84. The number of para-hydroxylation sites is 1. The molecule has 132 valence electrons. The molecule has 0 amide bonds. The highest BCUT2D eigenvalue weighted by molar-refractivity contribution is 5.90. The molecule has 0 aliphatic carbocycles. The summed E-state index contributed by atoms with van der Waals surface area (Å²) in [6, 6.07) is 8.07. The SMILES string of the molecule is COCn1cc([C@@H](C)C(=O)OC(C(C)C)C(C)C)c2ccccc21. The van der Waals surface area contributed by atoms with Gasteiger partial charge in [-0.25, -0.2) is 0 Å². The van der Waals surface area contributed by atoms with Crippen LogP contribution in [0.25, 0.3) is 10.9 Å². The summed E-state index contributed by atoms with van der Waals surface area (Å²) in [5, 5.41) is 1.07. The molecule has 0 aliphatic rings. The number of esters is 1. The van der Waals surface area contributed by atoms with Crippen LogP contribution in [0.4, 0.5) is 0 Å². The van der Waals surface area contributed by atoms with Crippen LogP contribution in [0, 0.1) is 11.8 Å². The number of ether oxygens (including phenoxy) is 2. The first-order valence-electron chi connectivity index (χ1n) is 8.64. The van der Waals surface area contributed by atoms with Gasteiger partial charge >= 0.3 is 5.97 Å². The maximum Gasteiger partial charge on any atom is 0.313 e. The Kier molecular flexibility index (Phi) is 6.05. The van der Waals surface area contributed by atoms with E-state index >= 15 is 0 Å². The van der Waals surface area contributed by atoms with Gasteiger partial charge in [0.25, 0.3) is 0 Å². The predicted molar refractivity (Wildman–Crippen MR) is 96.9 cm³/mol. The third-order valence-electron chi connectivity index (χ3n) is 4.47. The third-order valence-corrected chi connectivity index (χ3v) is 4.47. The van der Waals surface area contributed by atoms with Crippen LogP contribution in [-0.4, -0.2) is 23.8 Å². The number of aromatic nitrogens is 1. The van der Waals surface area contributed by atoms with E-state index in [9.17, 15) is 4.79 Å². The Morgan fingerprint density at radius 2 is 1.71 bits per heavy atom. The van der Waals surface area contributed by atoms with Gasteiger partial charge in [-0.2, -0.15) is 0 Å². The zero-order valence-electron chi connectivity index (χ0n) is 15.6. The van der Waals surface area contributed by atoms with Crippen LogP contribution in [0.5, 0.6) is 0 Å². The van der Waals surface area contributed by atoms with Gasteiger partial charge in [0.2, 0.25) is 0 Å². The van der Waals surface area contributed by atoms with Crippen LogP contribution in [0.3, 0.4) is 0 Å². The maximum atomic E-state index is 12.7. The molecule has 1 atom stereocenters. The topological polar surface area (TPSA) is 40.5 Å². The smallest absolute Gasteiger partial charge is 0.313 e. The van der Waals surface area contributed by atoms with E-state index in [2.05, 4.69) is 27.7 Å². The summed E-state index contributed by atoms with van der Waals surface area (Å²) >= 11 is 0. The van der Waals surface area contributed by atoms with E-state index in [0.717, 1.165) is 16.5 Å². The Morgan fingerprint density at radius 1 is 1.08 bits per heavy atom. The molecule has 0 N–H and O–H groups in total. The van der Waals surface area contributed by atoms with Crippen LogP contribution >= 0.6 is 0 Å². The van der Waals surface area contributed by atoms with E-state index in [4.69, 9.17) is 9.47 Å². The summed E-state index contributed by atoms with van der Waals surface area (Å²) < 4.78 is 13.1. The Balaban J connectivity index is 2.30. The predicted octanol–water partition coefficient (Wildman–Crippen LogP) is 4.57. The number of fused-ring (bicyclic) bond motifs is 1. The van der Waals surface area contributed by atoms with E-state index in [1.54, 1.807) is 7.11 Å². The van der Waals surface area contributed by atoms with Crippen LogP contribution in [0.15, 0.2) is 30.5 Å². The number of benzene rings is 1. The van der Waals surface area contributed by atoms with Gasteiger partial charge in [-0.15, -0.1) is 0 Å². The second-order valence-corrected chi connectivity index (χ2v) is 7.10. The quantitative estimate of drug-likeness (QED) is 0.698. The fraction of sp³-hybridized carbons (Fsp3) is 0.550. The highest BCUT2D eigenvalue weighted by atomic mass is 16.5. The van der Waals surface area contributed by atoms with Crippen molar-refractivity contribution in [3.05, 3.63) is 36.0 Å². The van der Waals surface area contributed by atoms with Gasteiger partial charge in [-0.3, -0.25) is 4.79 Å². The number of methoxy groups -OCH3 is 1. The fourth-order valence-electron chi connectivity index (χ4n) is 3.27. The minimum atomic E-state index is -0.312. The average molecular weight is 331 g/mol. The molecule has 0 aliphatic heterocycles. The normalized spacial score (nSPS) is 13.2. The maximum absolute atomic E-state index is 12.7. The molecule has 4 heteroatoms. The second-order valence-electron chi connectivity index (χ2n) is 7.10. The van der Waals surface area contributed by atoms with Crippen molar-refractivity contribution in [2.24, 2.45) is 11.8 Å². The Morgan fingerprint density at radius 3 is 2.29 bits per heavy atom. The third kappa shape index (κ3) is 3.81. The molecular weight excluding hydrogens is 302 g/mol. The van der Waals surface area contributed by atoms with Crippen LogP contribution in [0.1, 0.15) is 46.1 Å². The monoisotopic (exact) mass is 331 g/mol. The van der Waals surface area contributed by atoms with Gasteiger partial charge in [0.15, 0.2) is 0 Å². The van der Waals surface area contributed by atoms with E-state index < -0.39 is 0 Å². The molecule has 1 aromatic heterocycles. The molecule has 24 heavy (non-hydrogen) atoms. The Bertz CT molecular complexity index is 679. The van der Waals surface area contributed by atoms with E-state index in [-0.39, 0.29) is 18.0 Å². The van der Waals surface area contributed by atoms with Gasteiger partial charge in [-0.05, 0) is 30.4 Å². The molecule has 0 radical (unpaired) electrons. The van der Waals surface area contributed by atoms with Crippen molar-refractivity contribution < 1.29 is 14.3 Å². The molecule has 1 aromatic carbocycles. The van der Waals surface area contributed by atoms with Crippen molar-refractivity contribution in [1.82, 2.24) is 4.57 Å². The molecular formula is C20H29NO3. The summed E-state index contributed by atoms with van der Waals surface area (Å²) in [7, 11) is 1.67. The van der Waals surface area contributed by atoms with E-state index in [0.29, 0.717) is 18.6 Å². The number of hydrogen-bond acceptors (Lipinski definition) is 3. The Labute approximate surface area is 144 Å². The average Bonchev–Trinajstić information content (AvgIpc) is 2.90. The molecule has 0 unspecified atom stereocenters. The van der Waals surface area contributed by atoms with Gasteiger partial charge in [0, 0.05) is 18.7 Å². The lowest BCUT2D eigenvalue weighted by atomic mass is 9.95. The molecule has 4 nitrogen and oxygen atoms in total. The number of carbonyl (C=O) groups is 1. The highest BCUT2D eigenvalue weighted by Gasteiger charge is 2.27. The summed E-state index contributed by atoms with van der Waals surface area (Å²) in [5.74, 6) is 0.127. The number of hydrogen-bond donors (Lipinski definition) is 0. The zero-order valence-corrected chi connectivity index (χ0v) is 15.6. The standard InChI is InChI=1S/C20H29NO3/c1-13(2)19(14(3)4)24-20(22)15(5)17-11-21(12-23-6)18-10-8-7-9-16(17)18/h7-11,13-15,19H,12H2,1-6H3/t15-/m1/s1. The van der Waals surface area contributed by atoms with E-state index in [1.165, 1.54) is 0 Å². The first-order chi connectivity index (χ1) is 11.4. The van der Waals surface area contributed by atoms with E-state index in [1.807, 2.05) is 42.0 Å². The largest absolute Gasteiger partial charge is 0.461 e. The summed E-state index contributed by atoms with van der Waals surface area (Å²) in [4.78, 5) is 12.7. The lowest BCUT2D eigenvalue weighted by molar-refractivity contribution is -0.155. The molecule has 2 rings (SSSR count). The molecule has 0 fully saturated rings. The van der Waals surface area contributed by atoms with Gasteiger partial charge in [0.05, 0.1) is 11.4 Å². The molecule has 0 spiro atoms. The van der Waals surface area contributed by atoms with Crippen molar-refractivity contribution >= 4 is 16.9 Å². The summed E-state index contributed by atoms with van der Waals surface area (Å²) in [5.41, 5.74) is 2.05. The van der Waals surface area contributed by atoms with Crippen molar-refractivity contribution in [2.75, 3.05) is 7.11 Å².